The predicted molar refractivity (Wildman–Crippen MR) is 125 cm³/mol. The third-order valence-corrected chi connectivity index (χ3v) is 7.28. The van der Waals surface area contributed by atoms with Crippen LogP contribution >= 0.6 is 11.3 Å². The van der Waals surface area contributed by atoms with E-state index < -0.39 is 5.97 Å². The largest absolute Gasteiger partial charge is 0.453 e. The number of ether oxygens (including phenoxy) is 1. The van der Waals surface area contributed by atoms with E-state index in [0.717, 1.165) is 54.2 Å². The Balaban J connectivity index is 1.57. The molecule has 0 atom stereocenters. The van der Waals surface area contributed by atoms with Crippen molar-refractivity contribution in [1.82, 2.24) is 14.1 Å². The molecule has 3 aromatic rings. The fourth-order valence-corrected chi connectivity index (χ4v) is 5.46. The maximum Gasteiger partial charge on any atom is 0.349 e. The average Bonchev–Trinajstić information content (AvgIpc) is 3.11. The van der Waals surface area contributed by atoms with Crippen molar-refractivity contribution < 1.29 is 14.3 Å². The van der Waals surface area contributed by atoms with Gasteiger partial charge in [0.1, 0.15) is 15.5 Å². The highest BCUT2D eigenvalue weighted by Crippen LogP contribution is 2.29. The summed E-state index contributed by atoms with van der Waals surface area (Å²) in [6, 6.07) is 1.80. The molecule has 0 spiro atoms. The molecule has 0 aromatic carbocycles. The van der Waals surface area contributed by atoms with E-state index >= 15 is 0 Å². The molecule has 32 heavy (non-hydrogen) atoms. The van der Waals surface area contributed by atoms with Gasteiger partial charge in [-0.15, -0.1) is 17.9 Å². The molecule has 0 bridgehead atoms. The van der Waals surface area contributed by atoms with Crippen molar-refractivity contribution in [2.75, 3.05) is 6.61 Å². The first-order chi connectivity index (χ1) is 15.3. The molecular formula is C24H27N3O4S. The third kappa shape index (κ3) is 3.83. The zero-order valence-corrected chi connectivity index (χ0v) is 19.5. The molecule has 7 nitrogen and oxygen atoms in total. The van der Waals surface area contributed by atoms with Crippen molar-refractivity contribution in [2.45, 2.75) is 59.5 Å². The van der Waals surface area contributed by atoms with Gasteiger partial charge in [0.2, 0.25) is 5.78 Å². The molecule has 168 valence electrons. The van der Waals surface area contributed by atoms with E-state index in [0.29, 0.717) is 39.3 Å². The Labute approximate surface area is 190 Å². The van der Waals surface area contributed by atoms with Crippen LogP contribution in [0.1, 0.15) is 62.1 Å². The van der Waals surface area contributed by atoms with Crippen LogP contribution < -0.4 is 5.56 Å². The summed E-state index contributed by atoms with van der Waals surface area (Å²) in [5, 5.41) is 0.479. The predicted octanol–water partition coefficient (Wildman–Crippen LogP) is 4.14. The highest BCUT2D eigenvalue weighted by molar-refractivity contribution is 7.20. The number of hydrogen-bond donors (Lipinski definition) is 0. The lowest BCUT2D eigenvalue weighted by Crippen LogP contribution is -2.24. The quantitative estimate of drug-likeness (QED) is 0.318. The van der Waals surface area contributed by atoms with Crippen LogP contribution in [0, 0.1) is 20.8 Å². The second-order valence-corrected chi connectivity index (χ2v) is 9.21. The Morgan fingerprint density at radius 2 is 2.03 bits per heavy atom. The smallest absolute Gasteiger partial charge is 0.349 e. The molecule has 0 aliphatic carbocycles. The number of ketones is 1. The van der Waals surface area contributed by atoms with Crippen LogP contribution in [-0.4, -0.2) is 32.5 Å². The maximum atomic E-state index is 13.1. The van der Waals surface area contributed by atoms with Crippen molar-refractivity contribution in [2.24, 2.45) is 0 Å². The van der Waals surface area contributed by atoms with Crippen LogP contribution in [0.3, 0.4) is 0 Å². The Hall–Kier alpha value is -3.00. The number of aryl methyl sites for hydroxylation is 3. The summed E-state index contributed by atoms with van der Waals surface area (Å²) in [7, 11) is 0. The lowest BCUT2D eigenvalue weighted by molar-refractivity contribution is 0.0479. The first-order valence-corrected chi connectivity index (χ1v) is 11.7. The number of thiophene rings is 1. The van der Waals surface area contributed by atoms with E-state index in [1.54, 1.807) is 23.6 Å². The topological polar surface area (TPSA) is 83.2 Å². The van der Waals surface area contributed by atoms with Crippen LogP contribution in [0.4, 0.5) is 0 Å². The summed E-state index contributed by atoms with van der Waals surface area (Å²) >= 11 is 1.16. The molecule has 0 N–H and O–H groups in total. The molecule has 8 heteroatoms. The SMILES string of the molecule is C=CCn1c(C)cc(C(=O)COC(=O)c2sc3nc4n(c(=O)c3c2C)CCCCC4)c1C. The number of Topliss-reactive ketones (excluding diaryl/α,β-unsaturated/α-hetero) is 1. The van der Waals surface area contributed by atoms with Crippen LogP contribution in [0.15, 0.2) is 23.5 Å². The summed E-state index contributed by atoms with van der Waals surface area (Å²) in [6.07, 6.45) is 5.58. The van der Waals surface area contributed by atoms with Crippen molar-refractivity contribution in [3.63, 3.8) is 0 Å². The molecule has 0 unspecified atom stereocenters. The number of hydrogen-bond acceptors (Lipinski definition) is 6. The van der Waals surface area contributed by atoms with Gasteiger partial charge in [0, 0.05) is 36.5 Å². The van der Waals surface area contributed by atoms with E-state index in [1.165, 1.54) is 0 Å². The highest BCUT2D eigenvalue weighted by Gasteiger charge is 2.24. The third-order valence-electron chi connectivity index (χ3n) is 6.12. The fraction of sp³-hybridized carbons (Fsp3) is 0.417. The van der Waals surface area contributed by atoms with Crippen molar-refractivity contribution >= 4 is 33.3 Å². The minimum atomic E-state index is -0.599. The number of carbonyl (C=O) groups is 2. The van der Waals surface area contributed by atoms with Crippen LogP contribution in [-0.2, 0) is 24.2 Å². The molecule has 0 fully saturated rings. The van der Waals surface area contributed by atoms with E-state index in [-0.39, 0.29) is 17.9 Å². The number of rotatable bonds is 6. The van der Waals surface area contributed by atoms with Gasteiger partial charge in [0.25, 0.3) is 5.56 Å². The number of aromatic nitrogens is 3. The average molecular weight is 454 g/mol. The molecule has 0 saturated heterocycles. The first-order valence-electron chi connectivity index (χ1n) is 10.8. The minimum Gasteiger partial charge on any atom is -0.453 e. The number of esters is 1. The second kappa shape index (κ2) is 8.86. The zero-order chi connectivity index (χ0) is 23.0. The zero-order valence-electron chi connectivity index (χ0n) is 18.7. The fourth-order valence-electron chi connectivity index (χ4n) is 4.37. The van der Waals surface area contributed by atoms with E-state index in [4.69, 9.17) is 4.74 Å². The number of allylic oxidation sites excluding steroid dienone is 1. The van der Waals surface area contributed by atoms with E-state index in [2.05, 4.69) is 11.6 Å². The highest BCUT2D eigenvalue weighted by atomic mass is 32.1. The maximum absolute atomic E-state index is 13.1. The van der Waals surface area contributed by atoms with Gasteiger partial charge in [-0.25, -0.2) is 9.78 Å². The first kappa shape index (κ1) is 22.2. The van der Waals surface area contributed by atoms with Crippen molar-refractivity contribution in [1.29, 1.82) is 0 Å². The van der Waals surface area contributed by atoms with Gasteiger partial charge in [-0.05, 0) is 45.2 Å². The van der Waals surface area contributed by atoms with Crippen molar-refractivity contribution in [3.8, 4) is 0 Å². The molecule has 4 rings (SSSR count). The summed E-state index contributed by atoms with van der Waals surface area (Å²) in [5.74, 6) is -0.0741. The summed E-state index contributed by atoms with van der Waals surface area (Å²) in [6.45, 7) is 10.2. The molecule has 4 heterocycles. The van der Waals surface area contributed by atoms with Crippen LogP contribution in [0.5, 0.6) is 0 Å². The molecule has 1 aliphatic rings. The lowest BCUT2D eigenvalue weighted by atomic mass is 10.1. The molecule has 1 aliphatic heterocycles. The van der Waals surface area contributed by atoms with E-state index in [9.17, 15) is 14.4 Å². The van der Waals surface area contributed by atoms with Crippen LogP contribution in [0.2, 0.25) is 0 Å². The van der Waals surface area contributed by atoms with Gasteiger partial charge < -0.3 is 9.30 Å². The van der Waals surface area contributed by atoms with Gasteiger partial charge in [0.05, 0.1) is 5.39 Å². The molecule has 0 saturated carbocycles. The second-order valence-electron chi connectivity index (χ2n) is 8.22. The number of fused-ring (bicyclic) bond motifs is 2. The Bertz CT molecular complexity index is 1300. The van der Waals surface area contributed by atoms with Gasteiger partial charge in [0.15, 0.2) is 6.61 Å². The lowest BCUT2D eigenvalue weighted by Gasteiger charge is -2.08. The molecule has 0 radical (unpaired) electrons. The van der Waals surface area contributed by atoms with E-state index in [1.807, 2.05) is 18.4 Å². The standard InChI is InChI=1S/C24H27N3O4S/c1-5-10-26-14(2)12-17(16(26)4)18(28)13-31-24(30)21-15(3)20-22(32-21)25-19-9-7-6-8-11-27(19)23(20)29/h5,12H,1,6-11,13H2,2-4H3. The number of nitrogens with zero attached hydrogens (tertiary/aromatic N) is 3. The summed E-state index contributed by atoms with van der Waals surface area (Å²) in [5.41, 5.74) is 2.78. The molecule has 0 amide bonds. The van der Waals surface area contributed by atoms with Gasteiger partial charge in [-0.3, -0.25) is 14.2 Å². The molecule has 3 aromatic heterocycles. The summed E-state index contributed by atoms with van der Waals surface area (Å²) in [4.78, 5) is 44.2. The Morgan fingerprint density at radius 3 is 2.78 bits per heavy atom. The minimum absolute atomic E-state index is 0.0922. The number of carbonyl (C=O) groups excluding carboxylic acids is 2. The summed E-state index contributed by atoms with van der Waals surface area (Å²) < 4.78 is 9.09. The Morgan fingerprint density at radius 1 is 1.25 bits per heavy atom. The van der Waals surface area contributed by atoms with Crippen molar-refractivity contribution in [3.05, 3.63) is 62.3 Å². The Kier molecular flexibility index (Phi) is 6.15. The van der Waals surface area contributed by atoms with Gasteiger partial charge in [-0.1, -0.05) is 12.5 Å². The monoisotopic (exact) mass is 453 g/mol. The van der Waals surface area contributed by atoms with Gasteiger partial charge >= 0.3 is 5.97 Å². The normalized spacial score (nSPS) is 13.6. The molecular weight excluding hydrogens is 426 g/mol. The van der Waals surface area contributed by atoms with Crippen LogP contribution in [0.25, 0.3) is 10.2 Å². The van der Waals surface area contributed by atoms with Gasteiger partial charge in [-0.2, -0.15) is 0 Å².